The Kier molecular flexibility index (Phi) is 3.89. The van der Waals surface area contributed by atoms with Crippen molar-refractivity contribution in [2.75, 3.05) is 11.9 Å². The second-order valence-corrected chi connectivity index (χ2v) is 5.10. The zero-order valence-electron chi connectivity index (χ0n) is 11.0. The van der Waals surface area contributed by atoms with Gasteiger partial charge >= 0.3 is 5.97 Å². The number of nitro benzene ring substituents is 1. The molecule has 0 spiro atoms. The van der Waals surface area contributed by atoms with Crippen molar-refractivity contribution in [3.05, 3.63) is 33.4 Å². The number of hydrogen-bond donors (Lipinski definition) is 3. The van der Waals surface area contributed by atoms with Crippen LogP contribution in [-0.4, -0.2) is 33.8 Å². The van der Waals surface area contributed by atoms with E-state index in [0.717, 1.165) is 6.07 Å². The first kappa shape index (κ1) is 14.3. The average molecular weight is 280 g/mol. The van der Waals surface area contributed by atoms with Crippen LogP contribution >= 0.6 is 0 Å². The summed E-state index contributed by atoms with van der Waals surface area (Å²) >= 11 is 0. The minimum absolute atomic E-state index is 0.113. The van der Waals surface area contributed by atoms with Crippen LogP contribution in [-0.2, 0) is 0 Å². The van der Waals surface area contributed by atoms with Crippen LogP contribution < -0.4 is 5.32 Å². The van der Waals surface area contributed by atoms with Crippen molar-refractivity contribution >= 4 is 17.3 Å². The van der Waals surface area contributed by atoms with E-state index < -0.39 is 10.9 Å². The van der Waals surface area contributed by atoms with Gasteiger partial charge in [0.25, 0.3) is 5.69 Å². The number of nitrogens with one attached hydrogen (secondary N) is 1. The van der Waals surface area contributed by atoms with Crippen LogP contribution in [0, 0.1) is 23.0 Å². The molecule has 7 heteroatoms. The van der Waals surface area contributed by atoms with Gasteiger partial charge in [-0.05, 0) is 31.7 Å². The van der Waals surface area contributed by atoms with E-state index >= 15 is 0 Å². The Morgan fingerprint density at radius 1 is 1.50 bits per heavy atom. The first-order valence-electron chi connectivity index (χ1n) is 6.32. The van der Waals surface area contributed by atoms with Gasteiger partial charge < -0.3 is 15.5 Å². The molecule has 0 aliphatic heterocycles. The van der Waals surface area contributed by atoms with E-state index in [4.69, 9.17) is 5.11 Å². The highest BCUT2D eigenvalue weighted by Crippen LogP contribution is 2.31. The Morgan fingerprint density at radius 3 is 2.65 bits per heavy atom. The van der Waals surface area contributed by atoms with Gasteiger partial charge in [-0.3, -0.25) is 10.1 Å². The number of rotatable bonds is 5. The minimum Gasteiger partial charge on any atom is -0.478 e. The van der Waals surface area contributed by atoms with Gasteiger partial charge in [-0.2, -0.15) is 0 Å². The van der Waals surface area contributed by atoms with Gasteiger partial charge in [0.05, 0.1) is 16.6 Å². The van der Waals surface area contributed by atoms with Crippen molar-refractivity contribution in [3.63, 3.8) is 0 Å². The van der Waals surface area contributed by atoms with Gasteiger partial charge in [0.15, 0.2) is 0 Å². The van der Waals surface area contributed by atoms with Gasteiger partial charge in [-0.1, -0.05) is 0 Å². The summed E-state index contributed by atoms with van der Waals surface area (Å²) in [6, 6.07) is 2.47. The lowest BCUT2D eigenvalue weighted by Crippen LogP contribution is -2.33. The molecule has 1 aromatic rings. The van der Waals surface area contributed by atoms with Crippen molar-refractivity contribution in [3.8, 4) is 0 Å². The van der Waals surface area contributed by atoms with Gasteiger partial charge in [-0.15, -0.1) is 0 Å². The molecule has 0 aromatic heterocycles. The fourth-order valence-corrected chi connectivity index (χ4v) is 2.32. The quantitative estimate of drug-likeness (QED) is 0.559. The van der Waals surface area contributed by atoms with Gasteiger partial charge in [0.1, 0.15) is 0 Å². The number of hydrogen-bond acceptors (Lipinski definition) is 5. The van der Waals surface area contributed by atoms with Crippen LogP contribution in [0.5, 0.6) is 0 Å². The SMILES string of the molecule is Cc1c(NCC2CC(O)C2)cc(C(=O)O)cc1[N+](=O)[O-]. The van der Waals surface area contributed by atoms with Crippen LogP contribution in [0.2, 0.25) is 0 Å². The summed E-state index contributed by atoms with van der Waals surface area (Å²) in [5, 5.41) is 32.2. The van der Waals surface area contributed by atoms with Crippen LogP contribution in [0.4, 0.5) is 11.4 Å². The Bertz CT molecular complexity index is 552. The molecule has 0 amide bonds. The number of nitrogens with zero attached hydrogens (tertiary/aromatic N) is 1. The zero-order valence-corrected chi connectivity index (χ0v) is 11.0. The first-order chi connectivity index (χ1) is 9.38. The normalized spacial score (nSPS) is 21.1. The van der Waals surface area contributed by atoms with E-state index in [2.05, 4.69) is 5.32 Å². The maximum atomic E-state index is 11.0. The number of aliphatic hydroxyl groups is 1. The predicted molar refractivity (Wildman–Crippen MR) is 72.0 cm³/mol. The topological polar surface area (TPSA) is 113 Å². The van der Waals surface area contributed by atoms with Gasteiger partial charge in [0, 0.05) is 23.9 Å². The lowest BCUT2D eigenvalue weighted by Gasteiger charge is -2.31. The summed E-state index contributed by atoms with van der Waals surface area (Å²) in [7, 11) is 0. The highest BCUT2D eigenvalue weighted by Gasteiger charge is 2.27. The molecule has 1 aliphatic rings. The molecule has 0 saturated heterocycles. The summed E-state index contributed by atoms with van der Waals surface area (Å²) in [5.41, 5.74) is 0.553. The summed E-state index contributed by atoms with van der Waals surface area (Å²) in [6.07, 6.45) is 1.14. The Labute approximate surface area is 115 Å². The summed E-state index contributed by atoms with van der Waals surface area (Å²) in [6.45, 7) is 2.15. The number of carboxylic acid groups (broad SMARTS) is 1. The van der Waals surface area contributed by atoms with Gasteiger partial charge in [0.2, 0.25) is 0 Å². The number of aliphatic hydroxyl groups excluding tert-OH is 1. The third-order valence-electron chi connectivity index (χ3n) is 3.62. The molecule has 2 rings (SSSR count). The van der Waals surface area contributed by atoms with Crippen molar-refractivity contribution < 1.29 is 19.9 Å². The lowest BCUT2D eigenvalue weighted by atomic mass is 9.82. The molecular formula is C13H16N2O5. The molecule has 1 aromatic carbocycles. The molecule has 0 unspecified atom stereocenters. The third-order valence-corrected chi connectivity index (χ3v) is 3.62. The molecule has 7 nitrogen and oxygen atoms in total. The number of benzene rings is 1. The van der Waals surface area contributed by atoms with Crippen molar-refractivity contribution in [1.82, 2.24) is 0 Å². The highest BCUT2D eigenvalue weighted by molar-refractivity contribution is 5.90. The van der Waals surface area contributed by atoms with Gasteiger partial charge in [-0.25, -0.2) is 4.79 Å². The highest BCUT2D eigenvalue weighted by atomic mass is 16.6. The molecule has 108 valence electrons. The van der Waals surface area contributed by atoms with Crippen molar-refractivity contribution in [2.24, 2.45) is 5.92 Å². The number of carboxylic acids is 1. The van der Waals surface area contributed by atoms with Crippen LogP contribution in [0.15, 0.2) is 12.1 Å². The molecule has 0 radical (unpaired) electrons. The van der Waals surface area contributed by atoms with Crippen LogP contribution in [0.1, 0.15) is 28.8 Å². The predicted octanol–water partition coefficient (Wildman–Crippen LogP) is 1.78. The lowest BCUT2D eigenvalue weighted by molar-refractivity contribution is -0.385. The van der Waals surface area contributed by atoms with Crippen LogP contribution in [0.3, 0.4) is 0 Å². The van der Waals surface area contributed by atoms with E-state index in [0.29, 0.717) is 36.6 Å². The summed E-state index contributed by atoms with van der Waals surface area (Å²) in [4.78, 5) is 21.4. The number of anilines is 1. The Hall–Kier alpha value is -2.15. The fourth-order valence-electron chi connectivity index (χ4n) is 2.32. The van der Waals surface area contributed by atoms with E-state index in [-0.39, 0.29) is 17.4 Å². The Balaban J connectivity index is 2.21. The van der Waals surface area contributed by atoms with Crippen molar-refractivity contribution in [1.29, 1.82) is 0 Å². The van der Waals surface area contributed by atoms with E-state index in [1.54, 1.807) is 6.92 Å². The second-order valence-electron chi connectivity index (χ2n) is 5.10. The molecule has 0 atom stereocenters. The molecular weight excluding hydrogens is 264 g/mol. The molecule has 20 heavy (non-hydrogen) atoms. The standard InChI is InChI=1S/C13H16N2O5/c1-7-11(14-6-8-2-10(16)3-8)4-9(13(17)18)5-12(7)15(19)20/h4-5,8,10,14,16H,2-3,6H2,1H3,(H,17,18). The van der Waals surface area contributed by atoms with E-state index in [1.165, 1.54) is 6.07 Å². The minimum atomic E-state index is -1.20. The second kappa shape index (κ2) is 5.46. The monoisotopic (exact) mass is 280 g/mol. The maximum absolute atomic E-state index is 11.0. The molecule has 0 bridgehead atoms. The van der Waals surface area contributed by atoms with E-state index in [9.17, 15) is 20.0 Å². The number of carbonyl (C=O) groups is 1. The summed E-state index contributed by atoms with van der Waals surface area (Å²) < 4.78 is 0. The van der Waals surface area contributed by atoms with Crippen LogP contribution in [0.25, 0.3) is 0 Å². The fraction of sp³-hybridized carbons (Fsp3) is 0.462. The molecule has 1 fully saturated rings. The average Bonchev–Trinajstić information content (AvgIpc) is 2.33. The summed E-state index contributed by atoms with van der Waals surface area (Å²) in [5.74, 6) is -0.882. The molecule has 1 saturated carbocycles. The smallest absolute Gasteiger partial charge is 0.336 e. The number of aromatic carboxylic acids is 1. The molecule has 3 N–H and O–H groups in total. The largest absolute Gasteiger partial charge is 0.478 e. The molecule has 1 aliphatic carbocycles. The number of nitro groups is 1. The van der Waals surface area contributed by atoms with Crippen molar-refractivity contribution in [2.45, 2.75) is 25.9 Å². The Morgan fingerprint density at radius 2 is 2.15 bits per heavy atom. The van der Waals surface area contributed by atoms with E-state index in [1.807, 2.05) is 0 Å². The third kappa shape index (κ3) is 2.88. The maximum Gasteiger partial charge on any atom is 0.336 e. The zero-order chi connectivity index (χ0) is 14.9. The first-order valence-corrected chi connectivity index (χ1v) is 6.32. The molecule has 0 heterocycles.